The number of carbonyl (C=O) groups excluding carboxylic acids is 2. The first-order chi connectivity index (χ1) is 14.7. The number of unbranched alkanes of at least 4 members (excludes halogenated alkanes) is 4. The molecule has 0 aliphatic carbocycles. The fourth-order valence-electron chi connectivity index (χ4n) is 2.70. The van der Waals surface area contributed by atoms with Crippen LogP contribution < -0.4 is 14.8 Å². The van der Waals surface area contributed by atoms with E-state index < -0.39 is 18.0 Å². The number of alkyl halides is 3. The average molecular weight is 447 g/mol. The Morgan fingerprint density at radius 1 is 0.968 bits per heavy atom. The van der Waals surface area contributed by atoms with E-state index in [1.165, 1.54) is 11.9 Å². The number of halogens is 3. The van der Waals surface area contributed by atoms with Gasteiger partial charge in [-0.05, 0) is 31.0 Å². The summed E-state index contributed by atoms with van der Waals surface area (Å²) in [5.74, 6) is -1.39. The van der Waals surface area contributed by atoms with E-state index in [0.29, 0.717) is 30.3 Å². The number of nitrogens with zero attached hydrogens (tertiary/aromatic N) is 1. The Labute approximate surface area is 182 Å². The third-order valence-electron chi connectivity index (χ3n) is 4.54. The van der Waals surface area contributed by atoms with Gasteiger partial charge in [-0.15, -0.1) is 0 Å². The molecule has 1 aromatic carbocycles. The molecule has 0 saturated carbocycles. The zero-order chi connectivity index (χ0) is 23.3. The van der Waals surface area contributed by atoms with Gasteiger partial charge in [-0.2, -0.15) is 13.2 Å². The lowest BCUT2D eigenvalue weighted by molar-refractivity contribution is -0.173. The third-order valence-corrected chi connectivity index (χ3v) is 4.54. The molecule has 0 spiro atoms. The Hall–Kier alpha value is -2.45. The molecule has 0 fully saturated rings. The Kier molecular flexibility index (Phi) is 11.8. The number of likely N-dealkylation sites (N-methyl/N-ethyl adjacent to an activating group) is 1. The number of hydrogen-bond acceptors (Lipinski definition) is 4. The molecule has 0 atom stereocenters. The number of rotatable bonds is 14. The lowest BCUT2D eigenvalue weighted by Gasteiger charge is -2.19. The second kappa shape index (κ2) is 13.8. The van der Waals surface area contributed by atoms with Crippen LogP contribution >= 0.6 is 0 Å². The molecular weight excluding hydrogens is 413 g/mol. The van der Waals surface area contributed by atoms with E-state index in [-0.39, 0.29) is 13.1 Å². The normalized spacial score (nSPS) is 11.2. The van der Waals surface area contributed by atoms with E-state index in [1.807, 2.05) is 0 Å². The molecule has 0 radical (unpaired) electrons. The van der Waals surface area contributed by atoms with E-state index in [2.05, 4.69) is 13.8 Å². The van der Waals surface area contributed by atoms with Crippen molar-refractivity contribution >= 4 is 11.8 Å². The summed E-state index contributed by atoms with van der Waals surface area (Å²) in [5.41, 5.74) is 0.330. The van der Waals surface area contributed by atoms with Crippen LogP contribution in [-0.4, -0.2) is 56.2 Å². The van der Waals surface area contributed by atoms with Crippen LogP contribution in [-0.2, 0) is 4.79 Å². The number of benzene rings is 1. The number of hydrogen-bond donors (Lipinski definition) is 1. The summed E-state index contributed by atoms with van der Waals surface area (Å²) in [6.45, 7) is 4.87. The van der Waals surface area contributed by atoms with Crippen molar-refractivity contribution in [3.05, 3.63) is 23.8 Å². The molecule has 0 aromatic heterocycles. The van der Waals surface area contributed by atoms with Gasteiger partial charge in [0.05, 0.1) is 13.2 Å². The molecule has 0 aliphatic heterocycles. The van der Waals surface area contributed by atoms with Gasteiger partial charge >= 0.3 is 12.1 Å². The van der Waals surface area contributed by atoms with Crippen molar-refractivity contribution in [1.29, 1.82) is 0 Å². The van der Waals surface area contributed by atoms with E-state index in [9.17, 15) is 22.8 Å². The molecule has 1 rings (SSSR count). The van der Waals surface area contributed by atoms with Gasteiger partial charge in [0.25, 0.3) is 5.91 Å². The molecule has 0 saturated heterocycles. The molecule has 176 valence electrons. The van der Waals surface area contributed by atoms with Crippen LogP contribution in [0.25, 0.3) is 0 Å². The summed E-state index contributed by atoms with van der Waals surface area (Å²) in [6, 6.07) is 4.86. The summed E-state index contributed by atoms with van der Waals surface area (Å²) in [7, 11) is 1.46. The molecular formula is C22H33F3N2O4. The highest BCUT2D eigenvalue weighted by atomic mass is 19.4. The van der Waals surface area contributed by atoms with Gasteiger partial charge < -0.3 is 19.7 Å². The Bertz CT molecular complexity index is 696. The maximum Gasteiger partial charge on any atom is 0.471 e. The number of amides is 2. The SMILES string of the molecule is CCCCCOc1ccc(C(=O)N(C)CCNC(=O)C(F)(F)F)cc1OCCCCC. The van der Waals surface area contributed by atoms with Crippen molar-refractivity contribution in [2.24, 2.45) is 0 Å². The van der Waals surface area contributed by atoms with E-state index >= 15 is 0 Å². The van der Waals surface area contributed by atoms with Gasteiger partial charge in [-0.3, -0.25) is 9.59 Å². The van der Waals surface area contributed by atoms with Gasteiger partial charge in [0, 0.05) is 25.7 Å². The first-order valence-corrected chi connectivity index (χ1v) is 10.7. The van der Waals surface area contributed by atoms with Crippen LogP contribution in [0.2, 0.25) is 0 Å². The molecule has 0 aliphatic rings. The van der Waals surface area contributed by atoms with Gasteiger partial charge in [-0.25, -0.2) is 0 Å². The van der Waals surface area contributed by atoms with Crippen LogP contribution in [0.5, 0.6) is 11.5 Å². The third kappa shape index (κ3) is 9.93. The summed E-state index contributed by atoms with van der Waals surface area (Å²) in [6.07, 6.45) is 1.06. The van der Waals surface area contributed by atoms with Crippen LogP contribution in [0.15, 0.2) is 18.2 Å². The second-order valence-corrected chi connectivity index (χ2v) is 7.25. The molecule has 31 heavy (non-hydrogen) atoms. The Balaban J connectivity index is 2.77. The molecule has 6 nitrogen and oxygen atoms in total. The summed E-state index contributed by atoms with van der Waals surface area (Å²) in [4.78, 5) is 24.8. The van der Waals surface area contributed by atoms with E-state index in [4.69, 9.17) is 9.47 Å². The maximum atomic E-state index is 12.7. The van der Waals surface area contributed by atoms with Gasteiger partial charge in [-0.1, -0.05) is 39.5 Å². The molecule has 0 bridgehead atoms. The zero-order valence-corrected chi connectivity index (χ0v) is 18.5. The van der Waals surface area contributed by atoms with Gasteiger partial charge in [0.1, 0.15) is 0 Å². The number of nitrogens with one attached hydrogen (secondary N) is 1. The predicted octanol–water partition coefficient (Wildman–Crippen LogP) is 4.58. The quantitative estimate of drug-likeness (QED) is 0.425. The monoisotopic (exact) mass is 446 g/mol. The topological polar surface area (TPSA) is 67.9 Å². The second-order valence-electron chi connectivity index (χ2n) is 7.25. The van der Waals surface area contributed by atoms with Crippen LogP contribution in [0.3, 0.4) is 0 Å². The molecule has 1 aromatic rings. The highest BCUT2D eigenvalue weighted by Gasteiger charge is 2.38. The molecule has 2 amide bonds. The summed E-state index contributed by atoms with van der Waals surface area (Å²) < 4.78 is 48.4. The van der Waals surface area contributed by atoms with Crippen LogP contribution in [0, 0.1) is 0 Å². The van der Waals surface area contributed by atoms with Crippen molar-refractivity contribution in [3.8, 4) is 11.5 Å². The summed E-state index contributed by atoms with van der Waals surface area (Å²) in [5, 5.41) is 1.75. The molecule has 0 unspecified atom stereocenters. The Morgan fingerprint density at radius 2 is 1.55 bits per heavy atom. The largest absolute Gasteiger partial charge is 0.490 e. The predicted molar refractivity (Wildman–Crippen MR) is 113 cm³/mol. The average Bonchev–Trinajstić information content (AvgIpc) is 2.73. The molecule has 0 heterocycles. The Morgan fingerprint density at radius 3 is 2.10 bits per heavy atom. The smallest absolute Gasteiger partial charge is 0.471 e. The lowest BCUT2D eigenvalue weighted by atomic mass is 10.1. The van der Waals surface area contributed by atoms with E-state index in [1.54, 1.807) is 23.5 Å². The number of ether oxygens (including phenoxy) is 2. The molecule has 9 heteroatoms. The van der Waals surface area contributed by atoms with Crippen molar-refractivity contribution in [1.82, 2.24) is 10.2 Å². The lowest BCUT2D eigenvalue weighted by Crippen LogP contribution is -2.41. The minimum Gasteiger partial charge on any atom is -0.490 e. The standard InChI is InChI=1S/C22H33F3N2O4/c1-4-6-8-14-30-18-11-10-17(16-19(18)31-15-9-7-5-2)20(28)27(3)13-12-26-21(29)22(23,24)25/h10-11,16H,4-9,12-15H2,1-3H3,(H,26,29). The van der Waals surface area contributed by atoms with Gasteiger partial charge in [0.15, 0.2) is 11.5 Å². The van der Waals surface area contributed by atoms with Crippen molar-refractivity contribution in [3.63, 3.8) is 0 Å². The van der Waals surface area contributed by atoms with Crippen LogP contribution in [0.1, 0.15) is 62.7 Å². The highest BCUT2D eigenvalue weighted by Crippen LogP contribution is 2.29. The number of carbonyl (C=O) groups is 2. The minimum absolute atomic E-state index is 0.0669. The van der Waals surface area contributed by atoms with Crippen molar-refractivity contribution in [2.45, 2.75) is 58.5 Å². The van der Waals surface area contributed by atoms with E-state index in [0.717, 1.165) is 38.5 Å². The van der Waals surface area contributed by atoms with Crippen LogP contribution in [0.4, 0.5) is 13.2 Å². The fraction of sp³-hybridized carbons (Fsp3) is 0.636. The van der Waals surface area contributed by atoms with Crippen molar-refractivity contribution < 1.29 is 32.2 Å². The highest BCUT2D eigenvalue weighted by molar-refractivity contribution is 5.94. The minimum atomic E-state index is -4.94. The summed E-state index contributed by atoms with van der Waals surface area (Å²) >= 11 is 0. The van der Waals surface area contributed by atoms with Crippen molar-refractivity contribution in [2.75, 3.05) is 33.4 Å². The zero-order valence-electron chi connectivity index (χ0n) is 18.5. The molecule has 1 N–H and O–H groups in total. The fourth-order valence-corrected chi connectivity index (χ4v) is 2.70. The van der Waals surface area contributed by atoms with Gasteiger partial charge in [0.2, 0.25) is 0 Å². The first-order valence-electron chi connectivity index (χ1n) is 10.7. The first kappa shape index (κ1) is 26.6. The maximum absolute atomic E-state index is 12.7.